The highest BCUT2D eigenvalue weighted by Crippen LogP contribution is 1.77. The summed E-state index contributed by atoms with van der Waals surface area (Å²) in [5, 5.41) is 5.74. The maximum absolute atomic E-state index is 11.2. The largest absolute Gasteiger partial charge is 0.383 e. The van der Waals surface area contributed by atoms with Crippen LogP contribution in [0.25, 0.3) is 0 Å². The van der Waals surface area contributed by atoms with Crippen LogP contribution < -0.4 is 10.6 Å². The fraction of sp³-hybridized carbons (Fsp3) is 0.909. The van der Waals surface area contributed by atoms with Gasteiger partial charge >= 0.3 is 0 Å². The molecule has 0 aromatic rings. The van der Waals surface area contributed by atoms with Crippen LogP contribution in [0.15, 0.2) is 0 Å². The second kappa shape index (κ2) is 11.8. The third-order valence-electron chi connectivity index (χ3n) is 2.02. The Morgan fingerprint density at radius 1 is 1.18 bits per heavy atom. The molecule has 0 aromatic carbocycles. The van der Waals surface area contributed by atoms with Crippen LogP contribution in [0.2, 0.25) is 0 Å². The lowest BCUT2D eigenvalue weighted by Crippen LogP contribution is -2.36. The summed E-state index contributed by atoms with van der Waals surface area (Å²) in [5.41, 5.74) is 0. The monoisotopic (exact) mass is 247 g/mol. The number of ether oxygens (including phenoxy) is 2. The molecule has 17 heavy (non-hydrogen) atoms. The van der Waals surface area contributed by atoms with E-state index in [0.29, 0.717) is 39.5 Å². The Hall–Kier alpha value is -0.690. The molecule has 6 nitrogen and oxygen atoms in total. The van der Waals surface area contributed by atoms with Crippen LogP contribution in [0.3, 0.4) is 0 Å². The molecule has 0 aromatic heterocycles. The first-order chi connectivity index (χ1) is 8.16. The molecule has 1 amide bonds. The van der Waals surface area contributed by atoms with Crippen molar-refractivity contribution in [3.05, 3.63) is 0 Å². The molecular weight excluding hydrogens is 222 g/mol. The third-order valence-corrected chi connectivity index (χ3v) is 2.02. The van der Waals surface area contributed by atoms with Crippen LogP contribution in [0.1, 0.15) is 0 Å². The van der Waals surface area contributed by atoms with E-state index >= 15 is 0 Å². The van der Waals surface area contributed by atoms with Crippen molar-refractivity contribution >= 4 is 5.91 Å². The van der Waals surface area contributed by atoms with E-state index in [1.807, 2.05) is 14.1 Å². The number of nitrogens with one attached hydrogen (secondary N) is 2. The summed E-state index contributed by atoms with van der Waals surface area (Å²) in [4.78, 5) is 13.3. The van der Waals surface area contributed by atoms with Crippen molar-refractivity contribution in [1.82, 2.24) is 15.5 Å². The molecule has 0 unspecified atom stereocenters. The van der Waals surface area contributed by atoms with Gasteiger partial charge in [0.2, 0.25) is 5.91 Å². The third kappa shape index (κ3) is 13.2. The van der Waals surface area contributed by atoms with Gasteiger partial charge in [-0.05, 0) is 14.1 Å². The van der Waals surface area contributed by atoms with Gasteiger partial charge in [0.25, 0.3) is 0 Å². The molecule has 102 valence electrons. The topological polar surface area (TPSA) is 62.8 Å². The molecule has 0 spiro atoms. The van der Waals surface area contributed by atoms with Crippen molar-refractivity contribution in [2.75, 3.05) is 67.2 Å². The predicted molar refractivity (Wildman–Crippen MR) is 67.1 cm³/mol. The number of amides is 1. The Balaban J connectivity index is 3.14. The van der Waals surface area contributed by atoms with Crippen molar-refractivity contribution in [1.29, 1.82) is 0 Å². The van der Waals surface area contributed by atoms with Crippen LogP contribution >= 0.6 is 0 Å². The average Bonchev–Trinajstić information content (AvgIpc) is 2.28. The van der Waals surface area contributed by atoms with Crippen molar-refractivity contribution in [2.24, 2.45) is 0 Å². The lowest BCUT2D eigenvalue weighted by molar-refractivity contribution is -0.120. The zero-order chi connectivity index (χ0) is 12.9. The zero-order valence-corrected chi connectivity index (χ0v) is 11.1. The molecule has 6 heteroatoms. The molecular formula is C11H25N3O3. The smallest absolute Gasteiger partial charge is 0.234 e. The van der Waals surface area contributed by atoms with Crippen LogP contribution in [0.5, 0.6) is 0 Å². The Morgan fingerprint density at radius 3 is 2.59 bits per heavy atom. The van der Waals surface area contributed by atoms with E-state index in [9.17, 15) is 4.79 Å². The van der Waals surface area contributed by atoms with E-state index in [1.165, 1.54) is 0 Å². The first kappa shape index (κ1) is 16.3. The van der Waals surface area contributed by atoms with Gasteiger partial charge in [-0.3, -0.25) is 4.79 Å². The van der Waals surface area contributed by atoms with Crippen molar-refractivity contribution in [2.45, 2.75) is 0 Å². The Bertz CT molecular complexity index is 189. The molecule has 0 rings (SSSR count). The van der Waals surface area contributed by atoms with Crippen LogP contribution in [0.4, 0.5) is 0 Å². The standard InChI is InChI=1S/C11H25N3O3/c1-14(2)6-9-17-8-4-12-10-11(15)13-5-7-16-3/h12H,4-10H2,1-3H3,(H,13,15). The van der Waals surface area contributed by atoms with Gasteiger partial charge in [0, 0.05) is 26.7 Å². The normalized spacial score (nSPS) is 10.8. The molecule has 0 saturated carbocycles. The molecule has 2 N–H and O–H groups in total. The molecule has 0 heterocycles. The number of hydrogen-bond acceptors (Lipinski definition) is 5. The summed E-state index contributed by atoms with van der Waals surface area (Å²) in [7, 11) is 5.62. The zero-order valence-electron chi connectivity index (χ0n) is 11.1. The summed E-state index contributed by atoms with van der Waals surface area (Å²) in [6.45, 7) is 4.35. The van der Waals surface area contributed by atoms with Crippen molar-refractivity contribution in [3.8, 4) is 0 Å². The molecule has 0 saturated heterocycles. The summed E-state index contributed by atoms with van der Waals surface area (Å²) < 4.78 is 10.2. The van der Waals surface area contributed by atoms with Gasteiger partial charge in [0.05, 0.1) is 26.4 Å². The molecule has 0 aliphatic rings. The van der Waals surface area contributed by atoms with Crippen LogP contribution in [-0.2, 0) is 14.3 Å². The van der Waals surface area contributed by atoms with E-state index in [1.54, 1.807) is 7.11 Å². The first-order valence-corrected chi connectivity index (χ1v) is 5.85. The summed E-state index contributed by atoms with van der Waals surface area (Å²) in [5.74, 6) is -0.0182. The molecule has 0 bridgehead atoms. The Morgan fingerprint density at radius 2 is 1.94 bits per heavy atom. The van der Waals surface area contributed by atoms with Gasteiger partial charge in [0.1, 0.15) is 0 Å². The number of methoxy groups -OCH3 is 1. The maximum Gasteiger partial charge on any atom is 0.234 e. The second-order valence-corrected chi connectivity index (χ2v) is 3.94. The molecule has 0 fully saturated rings. The van der Waals surface area contributed by atoms with Gasteiger partial charge in [0.15, 0.2) is 0 Å². The number of carbonyl (C=O) groups excluding carboxylic acids is 1. The minimum atomic E-state index is -0.0182. The predicted octanol–water partition coefficient (Wildman–Crippen LogP) is -1.08. The fourth-order valence-corrected chi connectivity index (χ4v) is 1.05. The average molecular weight is 247 g/mol. The lowest BCUT2D eigenvalue weighted by Gasteiger charge is -2.10. The van der Waals surface area contributed by atoms with E-state index in [-0.39, 0.29) is 5.91 Å². The van der Waals surface area contributed by atoms with Gasteiger partial charge in [-0.25, -0.2) is 0 Å². The summed E-state index contributed by atoms with van der Waals surface area (Å²) in [6, 6.07) is 0. The number of nitrogens with zero attached hydrogens (tertiary/aromatic N) is 1. The minimum Gasteiger partial charge on any atom is -0.383 e. The van der Waals surface area contributed by atoms with Crippen LogP contribution in [0, 0.1) is 0 Å². The van der Waals surface area contributed by atoms with E-state index in [2.05, 4.69) is 15.5 Å². The van der Waals surface area contributed by atoms with Gasteiger partial charge in [-0.1, -0.05) is 0 Å². The van der Waals surface area contributed by atoms with E-state index in [0.717, 1.165) is 6.54 Å². The van der Waals surface area contributed by atoms with Gasteiger partial charge < -0.3 is 25.0 Å². The number of likely N-dealkylation sites (N-methyl/N-ethyl adjacent to an activating group) is 1. The van der Waals surface area contributed by atoms with Crippen LogP contribution in [-0.4, -0.2) is 78.0 Å². The summed E-state index contributed by atoms with van der Waals surface area (Å²) >= 11 is 0. The maximum atomic E-state index is 11.2. The molecule has 0 atom stereocenters. The molecule has 0 radical (unpaired) electrons. The van der Waals surface area contributed by atoms with Gasteiger partial charge in [-0.2, -0.15) is 0 Å². The van der Waals surface area contributed by atoms with E-state index in [4.69, 9.17) is 9.47 Å². The Kier molecular flexibility index (Phi) is 11.3. The van der Waals surface area contributed by atoms with Crippen molar-refractivity contribution < 1.29 is 14.3 Å². The second-order valence-electron chi connectivity index (χ2n) is 3.94. The highest BCUT2D eigenvalue weighted by molar-refractivity contribution is 5.77. The van der Waals surface area contributed by atoms with E-state index < -0.39 is 0 Å². The fourth-order valence-electron chi connectivity index (χ4n) is 1.05. The minimum absolute atomic E-state index is 0.0182. The number of rotatable bonds is 11. The highest BCUT2D eigenvalue weighted by atomic mass is 16.5. The summed E-state index contributed by atoms with van der Waals surface area (Å²) in [6.07, 6.45) is 0. The lowest BCUT2D eigenvalue weighted by atomic mass is 10.5. The first-order valence-electron chi connectivity index (χ1n) is 5.85. The molecule has 0 aliphatic carbocycles. The van der Waals surface area contributed by atoms with Crippen molar-refractivity contribution in [3.63, 3.8) is 0 Å². The number of hydrogen-bond donors (Lipinski definition) is 2. The number of carbonyl (C=O) groups is 1. The highest BCUT2D eigenvalue weighted by Gasteiger charge is 1.98. The molecule has 0 aliphatic heterocycles. The Labute approximate surface area is 104 Å². The SMILES string of the molecule is COCCNC(=O)CNCCOCCN(C)C. The quantitative estimate of drug-likeness (QED) is 0.455. The van der Waals surface area contributed by atoms with Gasteiger partial charge in [-0.15, -0.1) is 0 Å².